The lowest BCUT2D eigenvalue weighted by molar-refractivity contribution is -0.116. The number of ether oxygens (including phenoxy) is 4. The van der Waals surface area contributed by atoms with E-state index in [0.29, 0.717) is 76.9 Å². The number of aliphatic imine (C=N–C) groups is 2. The first-order valence-electron chi connectivity index (χ1n) is 20.7. The van der Waals surface area contributed by atoms with Gasteiger partial charge in [0, 0.05) is 65.6 Å². The Morgan fingerprint density at radius 1 is 0.710 bits per heavy atom. The van der Waals surface area contributed by atoms with Crippen molar-refractivity contribution in [2.45, 2.75) is 76.0 Å². The maximum Gasteiger partial charge on any atom is 0.261 e. The molecular formula is C49H47N5O7S. The van der Waals surface area contributed by atoms with Crippen molar-refractivity contribution < 1.29 is 33.3 Å². The van der Waals surface area contributed by atoms with Gasteiger partial charge in [-0.05, 0) is 77.6 Å². The van der Waals surface area contributed by atoms with Crippen LogP contribution in [0, 0.1) is 0 Å². The maximum atomic E-state index is 14.0. The molecule has 13 heteroatoms. The summed E-state index contributed by atoms with van der Waals surface area (Å²) in [5.74, 6) is 1.17. The fraction of sp³-hybridized carbons (Fsp3) is 0.286. The Labute approximate surface area is 366 Å². The summed E-state index contributed by atoms with van der Waals surface area (Å²) in [6.07, 6.45) is 6.82. The van der Waals surface area contributed by atoms with Gasteiger partial charge in [0.2, 0.25) is 5.91 Å². The summed E-state index contributed by atoms with van der Waals surface area (Å²) in [4.78, 5) is 54.2. The number of nitrogens with one attached hydrogen (secondary N) is 1. The zero-order valence-corrected chi connectivity index (χ0v) is 35.9. The molecule has 0 bridgehead atoms. The van der Waals surface area contributed by atoms with Crippen LogP contribution in [-0.4, -0.2) is 61.2 Å². The molecule has 5 aromatic rings. The van der Waals surface area contributed by atoms with Gasteiger partial charge in [0.1, 0.15) is 13.2 Å². The molecule has 12 nitrogen and oxygen atoms in total. The van der Waals surface area contributed by atoms with E-state index >= 15 is 0 Å². The molecular weight excluding hydrogens is 803 g/mol. The molecule has 5 aromatic carbocycles. The maximum absolute atomic E-state index is 14.0. The minimum Gasteiger partial charge on any atom is -0.493 e. The Balaban J connectivity index is 0.968. The highest BCUT2D eigenvalue weighted by Gasteiger charge is 2.38. The third-order valence-electron chi connectivity index (χ3n) is 11.6. The molecule has 3 amide bonds. The zero-order valence-electron chi connectivity index (χ0n) is 35.0. The van der Waals surface area contributed by atoms with Crippen molar-refractivity contribution in [3.63, 3.8) is 0 Å². The van der Waals surface area contributed by atoms with E-state index < -0.39 is 0 Å². The van der Waals surface area contributed by atoms with E-state index in [9.17, 15) is 14.4 Å². The molecule has 0 fully saturated rings. The smallest absolute Gasteiger partial charge is 0.261 e. The first kappa shape index (κ1) is 40.8. The van der Waals surface area contributed by atoms with E-state index in [1.807, 2.05) is 93.0 Å². The largest absolute Gasteiger partial charge is 0.493 e. The van der Waals surface area contributed by atoms with E-state index in [0.717, 1.165) is 40.0 Å². The highest BCUT2D eigenvalue weighted by Crippen LogP contribution is 2.43. The molecule has 2 atom stereocenters. The minimum absolute atomic E-state index is 0.0965. The predicted molar refractivity (Wildman–Crippen MR) is 244 cm³/mol. The van der Waals surface area contributed by atoms with Crippen molar-refractivity contribution in [3.05, 3.63) is 124 Å². The average Bonchev–Trinajstić information content (AvgIpc) is 3.75. The van der Waals surface area contributed by atoms with Gasteiger partial charge in [0.25, 0.3) is 11.8 Å². The summed E-state index contributed by atoms with van der Waals surface area (Å²) in [5, 5.41) is 3.06. The lowest BCUT2D eigenvalue weighted by Crippen LogP contribution is -2.37. The SMILES string of the molecule is COc1cc2c(cc1OCc1cc(COc3cc4c(cc3OC)C(=O)N3c5ccccc5C[C@H]3C=N4)cc(NC(=O)CCCC(C)(C)S)c1)N=C[C@@H]1Cc3ccccc3N1C2=O. The van der Waals surface area contributed by atoms with Gasteiger partial charge in [0.15, 0.2) is 23.0 Å². The summed E-state index contributed by atoms with van der Waals surface area (Å²) in [7, 11) is 3.07. The fourth-order valence-corrected chi connectivity index (χ4v) is 8.76. The lowest BCUT2D eigenvalue weighted by atomic mass is 10.1. The fourth-order valence-electron chi connectivity index (χ4n) is 8.61. The number of carbonyl (C=O) groups excluding carboxylic acids is 3. The van der Waals surface area contributed by atoms with Crippen LogP contribution in [0.15, 0.2) is 101 Å². The second-order valence-electron chi connectivity index (χ2n) is 16.6. The molecule has 0 aromatic heterocycles. The molecule has 0 saturated carbocycles. The van der Waals surface area contributed by atoms with Crippen molar-refractivity contribution >= 4 is 71.2 Å². The number of rotatable bonds is 13. The number of anilines is 3. The molecule has 316 valence electrons. The lowest BCUT2D eigenvalue weighted by Gasteiger charge is -2.22. The summed E-state index contributed by atoms with van der Waals surface area (Å²) < 4.78 is 24.1. The number of amides is 3. The van der Waals surface area contributed by atoms with E-state index in [1.165, 1.54) is 14.2 Å². The Kier molecular flexibility index (Phi) is 11.0. The zero-order chi connectivity index (χ0) is 43.1. The van der Waals surface area contributed by atoms with Crippen LogP contribution in [0.1, 0.15) is 76.1 Å². The second kappa shape index (κ2) is 16.7. The van der Waals surface area contributed by atoms with Crippen LogP contribution in [0.2, 0.25) is 0 Å². The molecule has 0 unspecified atom stereocenters. The van der Waals surface area contributed by atoms with Gasteiger partial charge in [0.05, 0.1) is 48.8 Å². The van der Waals surface area contributed by atoms with Gasteiger partial charge in [-0.1, -0.05) is 50.2 Å². The Hall–Kier alpha value is -6.60. The molecule has 0 saturated heterocycles. The number of carbonyl (C=O) groups is 3. The second-order valence-corrected chi connectivity index (χ2v) is 17.8. The van der Waals surface area contributed by atoms with E-state index in [1.54, 1.807) is 34.1 Å². The van der Waals surface area contributed by atoms with Crippen LogP contribution in [0.25, 0.3) is 0 Å². The van der Waals surface area contributed by atoms with Gasteiger partial charge >= 0.3 is 0 Å². The summed E-state index contributed by atoms with van der Waals surface area (Å²) in [6, 6.07) is 27.9. The average molecular weight is 850 g/mol. The first-order chi connectivity index (χ1) is 30.0. The van der Waals surface area contributed by atoms with Crippen LogP contribution in [-0.2, 0) is 30.8 Å². The van der Waals surface area contributed by atoms with Crippen molar-refractivity contribution in [2.75, 3.05) is 29.3 Å². The summed E-state index contributed by atoms with van der Waals surface area (Å²) in [5.41, 5.74) is 7.87. The number of nitrogens with zero attached hydrogens (tertiary/aromatic N) is 4. The number of hydrogen-bond donors (Lipinski definition) is 2. The molecule has 4 aliphatic rings. The van der Waals surface area contributed by atoms with Gasteiger partial charge in [-0.2, -0.15) is 12.6 Å². The Morgan fingerprint density at radius 2 is 1.19 bits per heavy atom. The number of benzene rings is 5. The number of methoxy groups -OCH3 is 2. The van der Waals surface area contributed by atoms with Crippen LogP contribution in [0.4, 0.5) is 28.4 Å². The van der Waals surface area contributed by atoms with E-state index in [-0.39, 0.29) is 47.8 Å². The summed E-state index contributed by atoms with van der Waals surface area (Å²) >= 11 is 4.61. The highest BCUT2D eigenvalue weighted by molar-refractivity contribution is 7.81. The molecule has 0 spiro atoms. The van der Waals surface area contributed by atoms with E-state index in [4.69, 9.17) is 28.9 Å². The molecule has 1 N–H and O–H groups in total. The number of para-hydroxylation sites is 2. The topological polar surface area (TPSA) is 131 Å². The molecule has 0 radical (unpaired) electrons. The molecule has 0 aliphatic carbocycles. The number of hydrogen-bond acceptors (Lipinski definition) is 10. The van der Waals surface area contributed by atoms with Crippen molar-refractivity contribution in [2.24, 2.45) is 9.98 Å². The molecule has 9 rings (SSSR count). The number of thiol groups is 1. The minimum atomic E-state index is -0.192. The normalized spacial score (nSPS) is 16.9. The van der Waals surface area contributed by atoms with Crippen molar-refractivity contribution in [3.8, 4) is 23.0 Å². The van der Waals surface area contributed by atoms with Crippen LogP contribution in [0.3, 0.4) is 0 Å². The Morgan fingerprint density at radius 3 is 1.66 bits per heavy atom. The van der Waals surface area contributed by atoms with Crippen LogP contribution < -0.4 is 34.1 Å². The van der Waals surface area contributed by atoms with Crippen molar-refractivity contribution in [1.82, 2.24) is 0 Å². The Bertz CT molecular complexity index is 2510. The third-order valence-corrected chi connectivity index (χ3v) is 11.8. The van der Waals surface area contributed by atoms with Crippen LogP contribution in [0.5, 0.6) is 23.0 Å². The van der Waals surface area contributed by atoms with E-state index in [2.05, 4.69) is 17.9 Å². The van der Waals surface area contributed by atoms with Gasteiger partial charge in [-0.25, -0.2) is 0 Å². The molecule has 4 aliphatic heterocycles. The first-order valence-corrected chi connectivity index (χ1v) is 21.2. The van der Waals surface area contributed by atoms with Gasteiger partial charge < -0.3 is 24.3 Å². The number of fused-ring (bicyclic) bond motifs is 8. The van der Waals surface area contributed by atoms with Gasteiger partial charge in [-0.15, -0.1) is 0 Å². The highest BCUT2D eigenvalue weighted by atomic mass is 32.1. The van der Waals surface area contributed by atoms with Gasteiger partial charge in [-0.3, -0.25) is 34.2 Å². The third kappa shape index (κ3) is 8.12. The molecule has 62 heavy (non-hydrogen) atoms. The molecule has 4 heterocycles. The van der Waals surface area contributed by atoms with Crippen molar-refractivity contribution in [1.29, 1.82) is 0 Å². The van der Waals surface area contributed by atoms with Crippen LogP contribution >= 0.6 is 12.6 Å². The quantitative estimate of drug-likeness (QED) is 0.113. The summed E-state index contributed by atoms with van der Waals surface area (Å²) in [6.45, 7) is 4.25. The predicted octanol–water partition coefficient (Wildman–Crippen LogP) is 9.25. The standard InChI is InChI=1S/C49H47N5O7S/c1-49(2,62)15-9-14-46(55)52-33-17-29(27-60-44-23-38-36(21-42(44)58-3)47(56)53-34(25-50-38)19-31-10-5-7-12-40(31)53)16-30(18-33)28-61-45-24-39-37(22-43(45)59-4)48(57)54-35(26-51-39)20-32-11-6-8-13-41(32)54/h5-8,10-13,16-18,21-26,34-35,62H,9,14-15,19-20,27-28H2,1-4H3,(H,52,55)/t34-,35-/m0/s1. The monoisotopic (exact) mass is 849 g/mol.